The van der Waals surface area contributed by atoms with Crippen LogP contribution in [0.25, 0.3) is 0 Å². The highest BCUT2D eigenvalue weighted by molar-refractivity contribution is 14.1. The summed E-state index contributed by atoms with van der Waals surface area (Å²) in [4.78, 5) is 0. The maximum absolute atomic E-state index is 5.51. The smallest absolute Gasteiger partial charge is 0.123 e. The lowest BCUT2D eigenvalue weighted by atomic mass is 10.2. The zero-order chi connectivity index (χ0) is 8.27. The summed E-state index contributed by atoms with van der Waals surface area (Å²) in [5.74, 6) is 0.868. The molecule has 1 rings (SSSR count). The molecule has 0 spiro atoms. The second kappa shape index (κ2) is 3.92. The quantitative estimate of drug-likeness (QED) is 0.825. The maximum Gasteiger partial charge on any atom is 0.123 e. The minimum Gasteiger partial charge on any atom is -0.496 e. The van der Waals surface area contributed by atoms with Crippen LogP contribution in [0, 0.1) is 3.57 Å². The molecule has 0 saturated heterocycles. The molecule has 0 radical (unpaired) electrons. The van der Waals surface area contributed by atoms with Gasteiger partial charge in [0.25, 0.3) is 0 Å². The molecular formula is C8H10INO. The van der Waals surface area contributed by atoms with Crippen molar-refractivity contribution >= 4 is 22.6 Å². The van der Waals surface area contributed by atoms with E-state index >= 15 is 0 Å². The van der Waals surface area contributed by atoms with Crippen LogP contribution in [0.5, 0.6) is 5.75 Å². The van der Waals surface area contributed by atoms with Crippen molar-refractivity contribution in [2.75, 3.05) is 7.11 Å². The fraction of sp³-hybridized carbons (Fsp3) is 0.250. The van der Waals surface area contributed by atoms with E-state index in [2.05, 4.69) is 22.6 Å². The monoisotopic (exact) mass is 263 g/mol. The van der Waals surface area contributed by atoms with E-state index in [1.807, 2.05) is 18.2 Å². The van der Waals surface area contributed by atoms with Crippen molar-refractivity contribution in [3.05, 3.63) is 27.3 Å². The third kappa shape index (κ3) is 2.07. The van der Waals surface area contributed by atoms with E-state index in [9.17, 15) is 0 Å². The predicted molar refractivity (Wildman–Crippen MR) is 53.6 cm³/mol. The van der Waals surface area contributed by atoms with Gasteiger partial charge in [0.1, 0.15) is 5.75 Å². The SMILES string of the molecule is COc1ccc(I)cc1CN. The highest BCUT2D eigenvalue weighted by Crippen LogP contribution is 2.19. The first kappa shape index (κ1) is 8.80. The van der Waals surface area contributed by atoms with Crippen molar-refractivity contribution < 1.29 is 4.74 Å². The topological polar surface area (TPSA) is 35.2 Å². The molecular weight excluding hydrogens is 253 g/mol. The number of hydrogen-bond donors (Lipinski definition) is 1. The standard InChI is InChI=1S/C8H10INO/c1-11-8-3-2-7(9)4-6(8)5-10/h2-4H,5,10H2,1H3. The molecule has 0 aromatic heterocycles. The van der Waals surface area contributed by atoms with Gasteiger partial charge in [-0.05, 0) is 40.8 Å². The molecule has 0 aliphatic rings. The highest BCUT2D eigenvalue weighted by atomic mass is 127. The summed E-state index contributed by atoms with van der Waals surface area (Å²) in [6.45, 7) is 0.528. The molecule has 0 unspecified atom stereocenters. The van der Waals surface area contributed by atoms with Gasteiger partial charge in [-0.15, -0.1) is 0 Å². The van der Waals surface area contributed by atoms with Crippen LogP contribution < -0.4 is 10.5 Å². The Hall–Kier alpha value is -0.290. The van der Waals surface area contributed by atoms with Crippen molar-refractivity contribution in [1.82, 2.24) is 0 Å². The van der Waals surface area contributed by atoms with Gasteiger partial charge < -0.3 is 10.5 Å². The van der Waals surface area contributed by atoms with Gasteiger partial charge in [-0.2, -0.15) is 0 Å². The Balaban J connectivity index is 3.06. The molecule has 1 aromatic rings. The largest absolute Gasteiger partial charge is 0.496 e. The Morgan fingerprint density at radius 2 is 2.27 bits per heavy atom. The summed E-state index contributed by atoms with van der Waals surface area (Å²) in [6, 6.07) is 5.96. The van der Waals surface area contributed by atoms with Gasteiger partial charge in [0.2, 0.25) is 0 Å². The van der Waals surface area contributed by atoms with Gasteiger partial charge in [-0.1, -0.05) is 0 Å². The average molecular weight is 263 g/mol. The van der Waals surface area contributed by atoms with Gasteiger partial charge in [-0.25, -0.2) is 0 Å². The first-order valence-corrected chi connectivity index (χ1v) is 4.38. The number of ether oxygens (including phenoxy) is 1. The molecule has 0 atom stereocenters. The molecule has 0 fully saturated rings. The van der Waals surface area contributed by atoms with Gasteiger partial charge in [0.15, 0.2) is 0 Å². The summed E-state index contributed by atoms with van der Waals surface area (Å²) in [6.07, 6.45) is 0. The van der Waals surface area contributed by atoms with Crippen molar-refractivity contribution in [2.24, 2.45) is 5.73 Å². The number of benzene rings is 1. The highest BCUT2D eigenvalue weighted by Gasteiger charge is 1.99. The van der Waals surface area contributed by atoms with E-state index in [0.29, 0.717) is 6.54 Å². The Labute approximate surface area is 79.9 Å². The Bertz CT molecular complexity index is 250. The first-order chi connectivity index (χ1) is 5.27. The molecule has 3 heteroatoms. The van der Waals surface area contributed by atoms with E-state index in [1.165, 1.54) is 3.57 Å². The fourth-order valence-electron chi connectivity index (χ4n) is 0.907. The molecule has 0 saturated carbocycles. The molecule has 0 amide bonds. The molecule has 11 heavy (non-hydrogen) atoms. The van der Waals surface area contributed by atoms with Crippen LogP contribution >= 0.6 is 22.6 Å². The molecule has 2 nitrogen and oxygen atoms in total. The van der Waals surface area contributed by atoms with Crippen molar-refractivity contribution in [2.45, 2.75) is 6.54 Å². The summed E-state index contributed by atoms with van der Waals surface area (Å²) in [5.41, 5.74) is 6.57. The van der Waals surface area contributed by atoms with Gasteiger partial charge in [-0.3, -0.25) is 0 Å². The third-order valence-electron chi connectivity index (χ3n) is 1.46. The van der Waals surface area contributed by atoms with Gasteiger partial charge in [0, 0.05) is 15.7 Å². The first-order valence-electron chi connectivity index (χ1n) is 3.30. The van der Waals surface area contributed by atoms with Crippen LogP contribution in [-0.2, 0) is 6.54 Å². The van der Waals surface area contributed by atoms with Crippen molar-refractivity contribution in [1.29, 1.82) is 0 Å². The molecule has 60 valence electrons. The molecule has 1 aromatic carbocycles. The van der Waals surface area contributed by atoms with E-state index in [0.717, 1.165) is 11.3 Å². The van der Waals surface area contributed by atoms with E-state index in [1.54, 1.807) is 7.11 Å². The van der Waals surface area contributed by atoms with Crippen molar-refractivity contribution in [3.63, 3.8) is 0 Å². The van der Waals surface area contributed by atoms with E-state index < -0.39 is 0 Å². The fourth-order valence-corrected chi connectivity index (χ4v) is 1.46. The molecule has 0 aliphatic carbocycles. The van der Waals surface area contributed by atoms with Crippen LogP contribution in [-0.4, -0.2) is 7.11 Å². The zero-order valence-electron chi connectivity index (χ0n) is 6.30. The van der Waals surface area contributed by atoms with Crippen LogP contribution in [0.1, 0.15) is 5.56 Å². The zero-order valence-corrected chi connectivity index (χ0v) is 8.46. The minimum atomic E-state index is 0.528. The summed E-state index contributed by atoms with van der Waals surface area (Å²) in [5, 5.41) is 0. The Kier molecular flexibility index (Phi) is 3.14. The second-order valence-corrected chi connectivity index (χ2v) is 3.41. The van der Waals surface area contributed by atoms with Crippen molar-refractivity contribution in [3.8, 4) is 5.75 Å². The van der Waals surface area contributed by atoms with E-state index in [4.69, 9.17) is 10.5 Å². The number of rotatable bonds is 2. The molecule has 0 bridgehead atoms. The second-order valence-electron chi connectivity index (χ2n) is 2.16. The lowest BCUT2D eigenvalue weighted by Crippen LogP contribution is -1.99. The average Bonchev–Trinajstić information content (AvgIpc) is 2.04. The molecule has 2 N–H and O–H groups in total. The summed E-state index contributed by atoms with van der Waals surface area (Å²) in [7, 11) is 1.65. The molecule has 0 aliphatic heterocycles. The Morgan fingerprint density at radius 1 is 1.55 bits per heavy atom. The summed E-state index contributed by atoms with van der Waals surface area (Å²) >= 11 is 2.25. The van der Waals surface area contributed by atoms with Crippen LogP contribution in [0.4, 0.5) is 0 Å². The number of halogens is 1. The van der Waals surface area contributed by atoms with Gasteiger partial charge in [0.05, 0.1) is 7.11 Å². The van der Waals surface area contributed by atoms with Crippen LogP contribution in [0.2, 0.25) is 0 Å². The van der Waals surface area contributed by atoms with E-state index in [-0.39, 0.29) is 0 Å². The normalized spacial score (nSPS) is 9.73. The molecule has 0 heterocycles. The lowest BCUT2D eigenvalue weighted by Gasteiger charge is -2.05. The lowest BCUT2D eigenvalue weighted by molar-refractivity contribution is 0.409. The number of nitrogens with two attached hydrogens (primary N) is 1. The van der Waals surface area contributed by atoms with Gasteiger partial charge >= 0.3 is 0 Å². The minimum absolute atomic E-state index is 0.528. The summed E-state index contributed by atoms with van der Waals surface area (Å²) < 4.78 is 6.29. The Morgan fingerprint density at radius 3 is 2.82 bits per heavy atom. The predicted octanol–water partition coefficient (Wildman–Crippen LogP) is 1.76. The third-order valence-corrected chi connectivity index (χ3v) is 2.13. The van der Waals surface area contributed by atoms with Crippen LogP contribution in [0.3, 0.4) is 0 Å². The number of methoxy groups -OCH3 is 1. The maximum atomic E-state index is 5.51. The number of hydrogen-bond acceptors (Lipinski definition) is 2. The van der Waals surface area contributed by atoms with Crippen LogP contribution in [0.15, 0.2) is 18.2 Å².